The molecular formula is C52H72F2N11O11PS. The highest BCUT2D eigenvalue weighted by molar-refractivity contribution is 8.00. The third kappa shape index (κ3) is 15.6. The Hall–Kier alpha value is -6.14. The Labute approximate surface area is 455 Å². The zero-order chi connectivity index (χ0) is 56.1. The van der Waals surface area contributed by atoms with Crippen molar-refractivity contribution in [3.05, 3.63) is 71.4 Å². The van der Waals surface area contributed by atoms with E-state index in [9.17, 15) is 61.5 Å². The molecule has 2 aromatic carbocycles. The average Bonchev–Trinajstić information content (AvgIpc) is 4.21. The Morgan fingerprint density at radius 1 is 0.859 bits per heavy atom. The number of unbranched alkanes of at least 4 members (excludes halogenated alkanes) is 6. The number of nitrogens with one attached hydrogen (secondary N) is 8. The normalized spacial score (nSPS) is 22.2. The standard InChI is InChI=1S/C52H72F2N11O11PS/c1-64-26-23-34-18-21-40(65(34)50(72)38(29-64)60-47(69)37-28-32-27-33(17-19-35(32)58-37)52(53,54)77(74,75)76)48(70)59-36(20-22-42(55)66)46(68)62-44(31-13-7-6-8-14-31)49(71)57-25-12-5-3-2-4-11-24-56-43(67)16-10-9-15-41-45-39(30-78-41)61-51(73)63-45/h6-8,13-14,17,19,27-28,34,36,38-41,44-45,58H,2-5,9-12,15-16,18,20-26,29-30H2,1H3,(H2,55,66)(H,56,67)(H,57,71)(H,59,70)(H,60,69)(H,62,68)(H2,61,63,73)(H2,74,75,76)/t34-,36?,38+,39+,40+,41+,44+,45+/m1/s1. The van der Waals surface area contributed by atoms with Crippen molar-refractivity contribution in [1.29, 1.82) is 0 Å². The summed E-state index contributed by atoms with van der Waals surface area (Å²) in [5, 5.41) is 20.5. The molecular weight excluding hydrogens is 1060 g/mol. The number of aromatic nitrogens is 1. The first-order valence-corrected chi connectivity index (χ1v) is 29.4. The van der Waals surface area contributed by atoms with Gasteiger partial charge in [-0.1, -0.05) is 68.5 Å². The van der Waals surface area contributed by atoms with Crippen LogP contribution in [-0.2, 0) is 39.0 Å². The zero-order valence-corrected chi connectivity index (χ0v) is 45.3. The maximum Gasteiger partial charge on any atom is 0.399 e. The minimum Gasteiger partial charge on any atom is -0.370 e. The van der Waals surface area contributed by atoms with Crippen molar-refractivity contribution < 1.29 is 61.5 Å². The smallest absolute Gasteiger partial charge is 0.370 e. The van der Waals surface area contributed by atoms with Crippen LogP contribution in [-0.4, -0.2) is 152 Å². The molecule has 0 radical (unpaired) electrons. The van der Waals surface area contributed by atoms with E-state index >= 15 is 0 Å². The number of hydrogen-bond donors (Lipinski definition) is 11. The molecule has 0 saturated carbocycles. The van der Waals surface area contributed by atoms with E-state index in [1.807, 2.05) is 16.7 Å². The Bertz CT molecular complexity index is 2700. The van der Waals surface area contributed by atoms with Gasteiger partial charge >= 0.3 is 19.3 Å². The molecule has 8 atom stereocenters. The fraction of sp³-hybridized carbons (Fsp3) is 0.577. The number of fused-ring (bicyclic) bond motifs is 3. The van der Waals surface area contributed by atoms with Gasteiger partial charge in [-0.3, -0.25) is 38.1 Å². The molecule has 12 N–H and O–H groups in total. The third-order valence-corrected chi connectivity index (χ3v) is 17.4. The summed E-state index contributed by atoms with van der Waals surface area (Å²) in [5.74, 6) is -3.11. The number of rotatable bonds is 27. The minimum atomic E-state index is -5.87. The number of halogens is 2. The van der Waals surface area contributed by atoms with Gasteiger partial charge in [0.15, 0.2) is 0 Å². The van der Waals surface area contributed by atoms with Crippen LogP contribution < -0.4 is 43.0 Å². The highest BCUT2D eigenvalue weighted by Gasteiger charge is 2.51. The Balaban J connectivity index is 0.880. The first-order valence-electron chi connectivity index (χ1n) is 26.8. The van der Waals surface area contributed by atoms with E-state index in [2.05, 4.69) is 42.2 Å². The van der Waals surface area contributed by atoms with E-state index in [4.69, 9.17) is 5.73 Å². The second-order valence-corrected chi connectivity index (χ2v) is 23.6. The van der Waals surface area contributed by atoms with E-state index in [0.717, 1.165) is 75.3 Å². The Kier molecular flexibility index (Phi) is 20.7. The number of likely N-dealkylation sites (N-methyl/N-ethyl adjacent to an activating group) is 1. The summed E-state index contributed by atoms with van der Waals surface area (Å²) in [6.45, 7) is 1.46. The summed E-state index contributed by atoms with van der Waals surface area (Å²) in [4.78, 5) is 131. The third-order valence-electron chi connectivity index (χ3n) is 14.9. The summed E-state index contributed by atoms with van der Waals surface area (Å²) in [6.07, 6.45) is 8.96. The number of carbonyl (C=O) groups is 8. The number of benzene rings is 2. The van der Waals surface area contributed by atoms with E-state index in [-0.39, 0.29) is 66.4 Å². The van der Waals surface area contributed by atoms with Crippen molar-refractivity contribution in [3.63, 3.8) is 0 Å². The van der Waals surface area contributed by atoms with Crippen molar-refractivity contribution in [1.82, 2.24) is 52.0 Å². The fourth-order valence-electron chi connectivity index (χ4n) is 10.6. The Morgan fingerprint density at radius 3 is 2.29 bits per heavy atom. The Morgan fingerprint density at radius 2 is 1.58 bits per heavy atom. The quantitative estimate of drug-likeness (QED) is 0.0298. The van der Waals surface area contributed by atoms with E-state index in [1.165, 1.54) is 11.0 Å². The van der Waals surface area contributed by atoms with Gasteiger partial charge in [-0.2, -0.15) is 20.5 Å². The van der Waals surface area contributed by atoms with Crippen LogP contribution in [0.2, 0.25) is 0 Å². The number of carbonyl (C=O) groups excluding carboxylic acids is 8. The van der Waals surface area contributed by atoms with E-state index < -0.39 is 84.5 Å². The molecule has 26 heteroatoms. The second kappa shape index (κ2) is 27.2. The molecule has 1 unspecified atom stereocenters. The van der Waals surface area contributed by atoms with Gasteiger partial charge in [0.1, 0.15) is 29.9 Å². The maximum atomic E-state index is 14.5. The van der Waals surface area contributed by atoms with Crippen LogP contribution in [0.5, 0.6) is 0 Å². The largest absolute Gasteiger partial charge is 0.399 e. The lowest BCUT2D eigenvalue weighted by molar-refractivity contribution is -0.144. The number of urea groups is 1. The van der Waals surface area contributed by atoms with Gasteiger partial charge in [-0.15, -0.1) is 0 Å². The number of aromatic amines is 1. The van der Waals surface area contributed by atoms with Crippen LogP contribution in [0.3, 0.4) is 0 Å². The molecule has 4 aliphatic rings. The van der Waals surface area contributed by atoms with E-state index in [1.54, 1.807) is 37.4 Å². The molecule has 9 amide bonds. The summed E-state index contributed by atoms with van der Waals surface area (Å²) in [7, 11) is -4.10. The van der Waals surface area contributed by atoms with Gasteiger partial charge in [-0.05, 0) is 88.7 Å². The van der Waals surface area contributed by atoms with Crippen LogP contribution in [0.1, 0.15) is 124 Å². The topological polar surface area (TPSA) is 327 Å². The molecule has 4 aliphatic heterocycles. The van der Waals surface area contributed by atoms with Gasteiger partial charge in [0.2, 0.25) is 35.4 Å². The van der Waals surface area contributed by atoms with Crippen LogP contribution in [0, 0.1) is 0 Å². The minimum absolute atomic E-state index is 0.0298. The number of thioether (sulfide) groups is 1. The van der Waals surface area contributed by atoms with Gasteiger partial charge in [0.25, 0.3) is 5.91 Å². The number of nitrogens with zero attached hydrogens (tertiary/aromatic N) is 2. The van der Waals surface area contributed by atoms with Crippen LogP contribution in [0.4, 0.5) is 13.6 Å². The number of H-pyrrole nitrogens is 1. The van der Waals surface area contributed by atoms with Crippen molar-refractivity contribution >= 4 is 77.6 Å². The molecule has 22 nitrogen and oxygen atoms in total. The van der Waals surface area contributed by atoms with Crippen LogP contribution in [0.15, 0.2) is 54.6 Å². The summed E-state index contributed by atoms with van der Waals surface area (Å²) in [6, 6.07) is 7.59. The number of amides is 9. The van der Waals surface area contributed by atoms with Gasteiger partial charge in [0.05, 0.1) is 12.1 Å². The predicted octanol–water partition coefficient (Wildman–Crippen LogP) is 3.10. The summed E-state index contributed by atoms with van der Waals surface area (Å²) >= 11 is 1.87. The first-order chi connectivity index (χ1) is 37.2. The predicted molar refractivity (Wildman–Crippen MR) is 287 cm³/mol. The lowest BCUT2D eigenvalue weighted by Gasteiger charge is -2.38. The molecule has 4 saturated heterocycles. The van der Waals surface area contributed by atoms with Gasteiger partial charge in [0, 0.05) is 66.0 Å². The number of primary amides is 1. The van der Waals surface area contributed by atoms with Crippen LogP contribution in [0.25, 0.3) is 10.9 Å². The lowest BCUT2D eigenvalue weighted by atomic mass is 10.0. The molecule has 7 rings (SSSR count). The first kappa shape index (κ1) is 59.5. The van der Waals surface area contributed by atoms with Gasteiger partial charge in [-0.25, -0.2) is 4.79 Å². The molecule has 3 aromatic rings. The zero-order valence-electron chi connectivity index (χ0n) is 43.6. The second-order valence-electron chi connectivity index (χ2n) is 20.7. The van der Waals surface area contributed by atoms with Crippen molar-refractivity contribution in [2.45, 2.75) is 150 Å². The highest BCUT2D eigenvalue weighted by atomic mass is 32.2. The molecule has 78 heavy (non-hydrogen) atoms. The fourth-order valence-corrected chi connectivity index (χ4v) is 12.6. The van der Waals surface area contributed by atoms with Crippen LogP contribution >= 0.6 is 19.4 Å². The highest BCUT2D eigenvalue weighted by Crippen LogP contribution is 2.59. The van der Waals surface area contributed by atoms with Crippen molar-refractivity contribution in [2.24, 2.45) is 5.73 Å². The SMILES string of the molecule is CN1CC[C@H]2CC[C@@H](C(=O)NC(CCC(N)=O)C(=O)N[C@H](C(=O)NCCCCCCCCNC(=O)CCCC[C@@H]3SC[C@@H]4NC(=O)N[C@@H]43)c3ccccc3)N2C(=O)[C@@H](NC(=O)c2cc3cc(C(F)(F)P(=O)(O)O)ccc3[nH]2)C1. The summed E-state index contributed by atoms with van der Waals surface area (Å²) in [5.41, 5.74) is 0.607. The number of hydrogen-bond acceptors (Lipinski definition) is 11. The average molecular weight is 1130 g/mol. The molecule has 4 fully saturated rings. The monoisotopic (exact) mass is 1130 g/mol. The molecule has 0 aliphatic carbocycles. The molecule has 0 bridgehead atoms. The maximum absolute atomic E-state index is 14.5. The van der Waals surface area contributed by atoms with Crippen molar-refractivity contribution in [2.75, 3.05) is 39.0 Å². The lowest BCUT2D eigenvalue weighted by Crippen LogP contribution is -2.61. The van der Waals surface area contributed by atoms with E-state index in [0.29, 0.717) is 56.1 Å². The van der Waals surface area contributed by atoms with Crippen molar-refractivity contribution in [3.8, 4) is 0 Å². The van der Waals surface area contributed by atoms with Gasteiger partial charge < -0.3 is 67.5 Å². The number of nitrogens with two attached hydrogens (primary N) is 1. The molecule has 426 valence electrons. The number of alkyl halides is 2. The molecule has 5 heterocycles. The molecule has 1 aromatic heterocycles. The molecule has 0 spiro atoms. The summed E-state index contributed by atoms with van der Waals surface area (Å²) < 4.78 is 40.5.